The first-order valence-corrected chi connectivity index (χ1v) is 9.04. The molecule has 0 aliphatic carbocycles. The summed E-state index contributed by atoms with van der Waals surface area (Å²) in [5, 5.41) is 12.0. The van der Waals surface area contributed by atoms with Gasteiger partial charge in [0.1, 0.15) is 18.2 Å². The van der Waals surface area contributed by atoms with Crippen LogP contribution < -0.4 is 10.1 Å². The summed E-state index contributed by atoms with van der Waals surface area (Å²) in [7, 11) is 0. The zero-order chi connectivity index (χ0) is 19.2. The molecule has 2 N–H and O–H groups in total. The molecule has 0 heterocycles. The average molecular weight is 430 g/mol. The van der Waals surface area contributed by atoms with Crippen LogP contribution in [0.25, 0.3) is 0 Å². The van der Waals surface area contributed by atoms with Crippen molar-refractivity contribution in [1.82, 2.24) is 0 Å². The van der Waals surface area contributed by atoms with Crippen molar-refractivity contribution in [3.05, 3.63) is 93.7 Å². The third-order valence-electron chi connectivity index (χ3n) is 3.94. The van der Waals surface area contributed by atoms with E-state index in [1.807, 2.05) is 48.5 Å². The molecule has 0 saturated heterocycles. The van der Waals surface area contributed by atoms with Crippen LogP contribution in [0.5, 0.6) is 5.75 Å². The van der Waals surface area contributed by atoms with Crippen LogP contribution in [-0.4, -0.2) is 11.1 Å². The Labute approximate surface area is 164 Å². The van der Waals surface area contributed by atoms with Gasteiger partial charge in [-0.05, 0) is 42.0 Å². The van der Waals surface area contributed by atoms with Gasteiger partial charge in [0.25, 0.3) is 0 Å². The van der Waals surface area contributed by atoms with Gasteiger partial charge in [0.05, 0.1) is 5.56 Å². The van der Waals surface area contributed by atoms with Crippen LogP contribution in [0.3, 0.4) is 0 Å². The Bertz CT molecular complexity index is 947. The normalized spacial score (nSPS) is 10.4. The predicted octanol–water partition coefficient (Wildman–Crippen LogP) is 5.48. The Hall–Kier alpha value is -2.86. The monoisotopic (exact) mass is 429 g/mol. The zero-order valence-electron chi connectivity index (χ0n) is 14.3. The minimum absolute atomic E-state index is 0.352. The molecule has 3 aromatic carbocycles. The number of rotatable bonds is 7. The number of carboxylic acids is 1. The number of anilines is 1. The van der Waals surface area contributed by atoms with E-state index in [2.05, 4.69) is 21.2 Å². The fourth-order valence-electron chi connectivity index (χ4n) is 2.56. The standard InChI is InChI=1S/C21H17BrFNO3/c22-16-6-9-20(27-13-14-4-2-1-3-5-14)15(10-16)12-24-17-7-8-18(21(25)26)19(23)11-17/h1-11,24H,12-13H2,(H,25,26). The summed E-state index contributed by atoms with van der Waals surface area (Å²) in [5.74, 6) is -1.35. The minimum Gasteiger partial charge on any atom is -0.489 e. The van der Waals surface area contributed by atoms with Crippen molar-refractivity contribution in [2.75, 3.05) is 5.32 Å². The van der Waals surface area contributed by atoms with Crippen LogP contribution in [-0.2, 0) is 13.2 Å². The van der Waals surface area contributed by atoms with Gasteiger partial charge < -0.3 is 15.2 Å². The highest BCUT2D eigenvalue weighted by atomic mass is 79.9. The predicted molar refractivity (Wildman–Crippen MR) is 106 cm³/mol. The number of benzene rings is 3. The van der Waals surface area contributed by atoms with Gasteiger partial charge in [-0.2, -0.15) is 0 Å². The SMILES string of the molecule is O=C(O)c1ccc(NCc2cc(Br)ccc2OCc2ccccc2)cc1F. The first-order chi connectivity index (χ1) is 13.0. The van der Waals surface area contributed by atoms with Gasteiger partial charge in [0, 0.05) is 22.3 Å². The molecule has 0 aromatic heterocycles. The smallest absolute Gasteiger partial charge is 0.338 e. The summed E-state index contributed by atoms with van der Waals surface area (Å²) in [6.07, 6.45) is 0. The zero-order valence-corrected chi connectivity index (χ0v) is 15.9. The molecule has 4 nitrogen and oxygen atoms in total. The van der Waals surface area contributed by atoms with Crippen molar-refractivity contribution >= 4 is 27.6 Å². The van der Waals surface area contributed by atoms with Gasteiger partial charge in [-0.25, -0.2) is 9.18 Å². The number of carboxylic acid groups (broad SMARTS) is 1. The Kier molecular flexibility index (Phi) is 6.08. The molecular formula is C21H17BrFNO3. The van der Waals surface area contributed by atoms with Crippen LogP contribution in [0, 0.1) is 5.82 Å². The third kappa shape index (κ3) is 5.08. The van der Waals surface area contributed by atoms with Gasteiger partial charge in [0.15, 0.2) is 0 Å². The van der Waals surface area contributed by atoms with E-state index in [0.29, 0.717) is 18.8 Å². The van der Waals surface area contributed by atoms with E-state index in [0.717, 1.165) is 21.3 Å². The van der Waals surface area contributed by atoms with Crippen molar-refractivity contribution in [2.24, 2.45) is 0 Å². The van der Waals surface area contributed by atoms with Gasteiger partial charge in [0.2, 0.25) is 0 Å². The van der Waals surface area contributed by atoms with Gasteiger partial charge in [-0.3, -0.25) is 0 Å². The van der Waals surface area contributed by atoms with Crippen LogP contribution in [0.1, 0.15) is 21.5 Å². The first kappa shape index (κ1) is 18.9. The molecule has 0 unspecified atom stereocenters. The van der Waals surface area contributed by atoms with Crippen LogP contribution >= 0.6 is 15.9 Å². The Morgan fingerprint density at radius 1 is 1.07 bits per heavy atom. The first-order valence-electron chi connectivity index (χ1n) is 8.25. The average Bonchev–Trinajstić information content (AvgIpc) is 2.66. The second kappa shape index (κ2) is 8.68. The highest BCUT2D eigenvalue weighted by Gasteiger charge is 2.11. The van der Waals surface area contributed by atoms with Crippen molar-refractivity contribution in [3.63, 3.8) is 0 Å². The summed E-state index contributed by atoms with van der Waals surface area (Å²) in [6.45, 7) is 0.840. The Morgan fingerprint density at radius 3 is 2.56 bits per heavy atom. The van der Waals surface area contributed by atoms with Crippen molar-refractivity contribution in [2.45, 2.75) is 13.2 Å². The Morgan fingerprint density at radius 2 is 1.85 bits per heavy atom. The summed E-state index contributed by atoms with van der Waals surface area (Å²) >= 11 is 3.45. The summed E-state index contributed by atoms with van der Waals surface area (Å²) in [4.78, 5) is 10.9. The van der Waals surface area contributed by atoms with Crippen molar-refractivity contribution in [3.8, 4) is 5.75 Å². The van der Waals surface area contributed by atoms with E-state index in [4.69, 9.17) is 9.84 Å². The van der Waals surface area contributed by atoms with Crippen LogP contribution in [0.4, 0.5) is 10.1 Å². The van der Waals surface area contributed by atoms with E-state index in [9.17, 15) is 9.18 Å². The molecule has 0 spiro atoms. The second-order valence-corrected chi connectivity index (χ2v) is 6.80. The lowest BCUT2D eigenvalue weighted by Gasteiger charge is -2.14. The molecule has 0 bridgehead atoms. The summed E-state index contributed by atoms with van der Waals surface area (Å²) in [6, 6.07) is 19.5. The highest BCUT2D eigenvalue weighted by Crippen LogP contribution is 2.25. The fraction of sp³-hybridized carbons (Fsp3) is 0.0952. The van der Waals surface area contributed by atoms with Crippen LogP contribution in [0.15, 0.2) is 71.2 Å². The van der Waals surface area contributed by atoms with Crippen molar-refractivity contribution in [1.29, 1.82) is 0 Å². The number of aromatic carboxylic acids is 1. The largest absolute Gasteiger partial charge is 0.489 e. The molecule has 0 atom stereocenters. The molecule has 138 valence electrons. The van der Waals surface area contributed by atoms with Gasteiger partial charge in [-0.15, -0.1) is 0 Å². The molecule has 0 amide bonds. The minimum atomic E-state index is -1.29. The van der Waals surface area contributed by atoms with Crippen molar-refractivity contribution < 1.29 is 19.0 Å². The maximum atomic E-state index is 13.8. The molecule has 0 aliphatic rings. The molecule has 27 heavy (non-hydrogen) atoms. The highest BCUT2D eigenvalue weighted by molar-refractivity contribution is 9.10. The van der Waals surface area contributed by atoms with E-state index in [1.54, 1.807) is 0 Å². The molecule has 3 aromatic rings. The lowest BCUT2D eigenvalue weighted by atomic mass is 10.1. The number of halogens is 2. The van der Waals surface area contributed by atoms with E-state index in [-0.39, 0.29) is 5.56 Å². The molecule has 0 aliphatic heterocycles. The molecule has 3 rings (SSSR count). The third-order valence-corrected chi connectivity index (χ3v) is 4.44. The van der Waals surface area contributed by atoms with Gasteiger partial charge >= 0.3 is 5.97 Å². The van der Waals surface area contributed by atoms with E-state index < -0.39 is 11.8 Å². The molecule has 0 saturated carbocycles. The lowest BCUT2D eigenvalue weighted by Crippen LogP contribution is -2.05. The van der Waals surface area contributed by atoms with E-state index in [1.165, 1.54) is 18.2 Å². The molecular weight excluding hydrogens is 413 g/mol. The molecule has 0 radical (unpaired) electrons. The topological polar surface area (TPSA) is 58.6 Å². The maximum absolute atomic E-state index is 13.8. The van der Waals surface area contributed by atoms with Crippen LogP contribution in [0.2, 0.25) is 0 Å². The summed E-state index contributed by atoms with van der Waals surface area (Å²) < 4.78 is 20.7. The molecule has 6 heteroatoms. The summed E-state index contributed by atoms with van der Waals surface area (Å²) in [5.41, 5.74) is 2.09. The maximum Gasteiger partial charge on any atom is 0.338 e. The lowest BCUT2D eigenvalue weighted by molar-refractivity contribution is 0.0692. The fourth-order valence-corrected chi connectivity index (χ4v) is 2.97. The number of hydrogen-bond donors (Lipinski definition) is 2. The van der Waals surface area contributed by atoms with E-state index >= 15 is 0 Å². The number of nitrogens with one attached hydrogen (secondary N) is 1. The second-order valence-electron chi connectivity index (χ2n) is 5.88. The molecule has 0 fully saturated rings. The van der Waals surface area contributed by atoms with Gasteiger partial charge in [-0.1, -0.05) is 46.3 Å². The number of ether oxygens (including phenoxy) is 1. The Balaban J connectivity index is 1.71. The number of carbonyl (C=O) groups is 1. The quantitative estimate of drug-likeness (QED) is 0.522. The number of hydrogen-bond acceptors (Lipinski definition) is 3.